The lowest BCUT2D eigenvalue weighted by molar-refractivity contribution is -0.117. The second kappa shape index (κ2) is 8.35. The van der Waals surface area contributed by atoms with Gasteiger partial charge in [0, 0.05) is 22.9 Å². The van der Waals surface area contributed by atoms with Crippen molar-refractivity contribution in [3.8, 4) is 11.3 Å². The average Bonchev–Trinajstić information content (AvgIpc) is 2.72. The van der Waals surface area contributed by atoms with Crippen molar-refractivity contribution in [2.45, 2.75) is 50.7 Å². The number of aromatic nitrogens is 2. The predicted molar refractivity (Wildman–Crippen MR) is 127 cm³/mol. The smallest absolute Gasteiger partial charge is 0.252 e. The van der Waals surface area contributed by atoms with Gasteiger partial charge in [0.2, 0.25) is 5.91 Å². The van der Waals surface area contributed by atoms with Crippen LogP contribution in [0.3, 0.4) is 0 Å². The molecule has 1 atom stereocenters. The van der Waals surface area contributed by atoms with Crippen LogP contribution in [-0.2, 0) is 4.79 Å². The maximum Gasteiger partial charge on any atom is 0.252 e. The topological polar surface area (TPSA) is 66.1 Å². The summed E-state index contributed by atoms with van der Waals surface area (Å²) in [7, 11) is 0. The van der Waals surface area contributed by atoms with E-state index < -0.39 is 0 Å². The minimum atomic E-state index is -0.286. The van der Waals surface area contributed by atoms with Gasteiger partial charge < -0.3 is 9.88 Å². The Hall–Kier alpha value is -2.86. The van der Waals surface area contributed by atoms with Crippen LogP contribution in [0.4, 0.5) is 5.69 Å². The second-order valence-electron chi connectivity index (χ2n) is 8.80. The van der Waals surface area contributed by atoms with Crippen LogP contribution in [-0.4, -0.2) is 27.2 Å². The number of nitrogens with one attached hydrogen (secondary N) is 1. The molecule has 0 fully saturated rings. The number of benzene rings is 2. The molecule has 0 saturated carbocycles. The number of carbonyl (C=O) groups is 1. The monoisotopic (exact) mass is 433 g/mol. The van der Waals surface area contributed by atoms with Gasteiger partial charge in [0.05, 0.1) is 11.4 Å². The molecule has 0 radical (unpaired) electrons. The first-order valence-corrected chi connectivity index (χ1v) is 11.5. The number of aryl methyl sites for hydroxylation is 1. The largest absolute Gasteiger partial charge is 0.306 e. The number of H-pyrrole nitrogens is 1. The second-order valence-corrected chi connectivity index (χ2v) is 9.76. The number of thioether (sulfide) groups is 1. The van der Waals surface area contributed by atoms with E-state index in [-0.39, 0.29) is 22.8 Å². The Bertz CT molecular complexity index is 1170. The van der Waals surface area contributed by atoms with Crippen LogP contribution in [0.25, 0.3) is 11.3 Å². The first-order chi connectivity index (χ1) is 14.7. The van der Waals surface area contributed by atoms with Crippen LogP contribution in [0.5, 0.6) is 0 Å². The Morgan fingerprint density at radius 3 is 2.68 bits per heavy atom. The molecule has 2 aromatic carbocycles. The molecule has 2 heterocycles. The van der Waals surface area contributed by atoms with Crippen molar-refractivity contribution in [3.05, 3.63) is 76.1 Å². The quantitative estimate of drug-likeness (QED) is 0.456. The van der Waals surface area contributed by atoms with Gasteiger partial charge in [-0.25, -0.2) is 4.98 Å². The zero-order valence-corrected chi connectivity index (χ0v) is 19.1. The minimum Gasteiger partial charge on any atom is -0.306 e. The molecule has 4 rings (SSSR count). The summed E-state index contributed by atoms with van der Waals surface area (Å²) in [6, 6.07) is 17.4. The van der Waals surface area contributed by atoms with Crippen molar-refractivity contribution in [3.63, 3.8) is 0 Å². The molecule has 160 valence electrons. The van der Waals surface area contributed by atoms with Crippen molar-refractivity contribution >= 4 is 23.4 Å². The molecule has 3 aromatic rings. The first-order valence-electron chi connectivity index (χ1n) is 10.5. The van der Waals surface area contributed by atoms with E-state index in [2.05, 4.69) is 55.9 Å². The number of nitrogens with zero attached hydrogens (tertiary/aromatic N) is 2. The summed E-state index contributed by atoms with van der Waals surface area (Å²) >= 11 is 1.27. The molecule has 0 saturated heterocycles. The van der Waals surface area contributed by atoms with Gasteiger partial charge in [-0.15, -0.1) is 0 Å². The number of hydrogen-bond donors (Lipinski definition) is 1. The van der Waals surface area contributed by atoms with Crippen LogP contribution in [0, 0.1) is 6.92 Å². The highest BCUT2D eigenvalue weighted by Crippen LogP contribution is 2.44. The molecular formula is C25H27N3O2S. The fourth-order valence-electron chi connectivity index (χ4n) is 4.48. The third kappa shape index (κ3) is 4.44. The highest BCUT2D eigenvalue weighted by atomic mass is 32.2. The number of rotatable bonds is 4. The lowest BCUT2D eigenvalue weighted by Crippen LogP contribution is -2.52. The van der Waals surface area contributed by atoms with E-state index >= 15 is 0 Å². The van der Waals surface area contributed by atoms with E-state index in [0.717, 1.165) is 17.7 Å². The fraction of sp³-hybridized carbons (Fsp3) is 0.320. The molecule has 1 aliphatic heterocycles. The third-order valence-corrected chi connectivity index (χ3v) is 6.60. The summed E-state index contributed by atoms with van der Waals surface area (Å²) in [5.41, 5.74) is 4.37. The SMILES string of the molecule is Cc1ccc2c(c1)[C@H](C)CC(C)(C)N2C(=O)CSc1nc(-c2ccccc2)cc(=O)[nH]1. The predicted octanol–water partition coefficient (Wildman–Crippen LogP) is 5.16. The van der Waals surface area contributed by atoms with Gasteiger partial charge in [0.15, 0.2) is 5.16 Å². The molecule has 1 amide bonds. The summed E-state index contributed by atoms with van der Waals surface area (Å²) in [5, 5.41) is 0.451. The molecule has 0 unspecified atom stereocenters. The molecule has 0 spiro atoms. The van der Waals surface area contributed by atoms with E-state index in [0.29, 0.717) is 16.8 Å². The van der Waals surface area contributed by atoms with Gasteiger partial charge in [-0.3, -0.25) is 9.59 Å². The van der Waals surface area contributed by atoms with E-state index in [4.69, 9.17) is 0 Å². The number of carbonyl (C=O) groups excluding carboxylic acids is 1. The zero-order valence-electron chi connectivity index (χ0n) is 18.3. The van der Waals surface area contributed by atoms with Crippen molar-refractivity contribution in [2.75, 3.05) is 10.7 Å². The lowest BCUT2D eigenvalue weighted by Gasteiger charge is -2.46. The van der Waals surface area contributed by atoms with Gasteiger partial charge >= 0.3 is 0 Å². The van der Waals surface area contributed by atoms with Gasteiger partial charge in [0.25, 0.3) is 5.56 Å². The highest BCUT2D eigenvalue weighted by molar-refractivity contribution is 7.99. The number of aromatic amines is 1. The number of hydrogen-bond acceptors (Lipinski definition) is 4. The highest BCUT2D eigenvalue weighted by Gasteiger charge is 2.39. The van der Waals surface area contributed by atoms with E-state index in [1.807, 2.05) is 35.2 Å². The number of anilines is 1. The van der Waals surface area contributed by atoms with Crippen LogP contribution >= 0.6 is 11.8 Å². The van der Waals surface area contributed by atoms with Crippen LogP contribution in [0.15, 0.2) is 64.5 Å². The van der Waals surface area contributed by atoms with Crippen molar-refractivity contribution in [1.82, 2.24) is 9.97 Å². The lowest BCUT2D eigenvalue weighted by atomic mass is 9.79. The van der Waals surface area contributed by atoms with Gasteiger partial charge in [-0.2, -0.15) is 0 Å². The Balaban J connectivity index is 1.59. The maximum absolute atomic E-state index is 13.4. The maximum atomic E-state index is 13.4. The molecule has 1 aliphatic rings. The molecule has 5 nitrogen and oxygen atoms in total. The average molecular weight is 434 g/mol. The Morgan fingerprint density at radius 1 is 1.19 bits per heavy atom. The van der Waals surface area contributed by atoms with E-state index in [1.165, 1.54) is 29.0 Å². The molecule has 0 bridgehead atoms. The van der Waals surface area contributed by atoms with Gasteiger partial charge in [-0.1, -0.05) is 66.7 Å². The fourth-order valence-corrected chi connectivity index (χ4v) is 5.20. The van der Waals surface area contributed by atoms with Crippen LogP contribution in [0.2, 0.25) is 0 Å². The van der Waals surface area contributed by atoms with Crippen molar-refractivity contribution < 1.29 is 4.79 Å². The first kappa shape index (κ1) is 21.4. The van der Waals surface area contributed by atoms with E-state index in [9.17, 15) is 9.59 Å². The zero-order chi connectivity index (χ0) is 22.2. The number of amides is 1. The standard InChI is InChI=1S/C25H27N3O2S/c1-16-10-11-21-19(12-16)17(2)14-25(3,4)28(21)23(30)15-31-24-26-20(13-22(29)27-24)18-8-6-5-7-9-18/h5-13,17H,14-15H2,1-4H3,(H,26,27,29)/t17-/m1/s1. The molecule has 1 N–H and O–H groups in total. The normalized spacial score (nSPS) is 17.3. The minimum absolute atomic E-state index is 0.0137. The van der Waals surface area contributed by atoms with Gasteiger partial charge in [-0.05, 0) is 44.7 Å². The molecule has 1 aromatic heterocycles. The van der Waals surface area contributed by atoms with E-state index in [1.54, 1.807) is 0 Å². The van der Waals surface area contributed by atoms with Gasteiger partial charge in [0.1, 0.15) is 0 Å². The Labute approximate surface area is 186 Å². The molecule has 31 heavy (non-hydrogen) atoms. The summed E-state index contributed by atoms with van der Waals surface area (Å²) in [6.45, 7) is 8.53. The van der Waals surface area contributed by atoms with Crippen molar-refractivity contribution in [1.29, 1.82) is 0 Å². The van der Waals surface area contributed by atoms with Crippen LogP contribution < -0.4 is 10.5 Å². The summed E-state index contributed by atoms with van der Waals surface area (Å²) < 4.78 is 0. The summed E-state index contributed by atoms with van der Waals surface area (Å²) in [5.74, 6) is 0.605. The molecule has 0 aliphatic carbocycles. The third-order valence-electron chi connectivity index (χ3n) is 5.74. The molecule has 6 heteroatoms. The number of fused-ring (bicyclic) bond motifs is 1. The van der Waals surface area contributed by atoms with Crippen molar-refractivity contribution in [2.24, 2.45) is 0 Å². The van der Waals surface area contributed by atoms with Crippen LogP contribution in [0.1, 0.15) is 44.2 Å². The Kier molecular flexibility index (Phi) is 5.75. The molecular weight excluding hydrogens is 406 g/mol. The summed E-state index contributed by atoms with van der Waals surface area (Å²) in [6.07, 6.45) is 0.901. The Morgan fingerprint density at radius 2 is 1.94 bits per heavy atom. The summed E-state index contributed by atoms with van der Waals surface area (Å²) in [4.78, 5) is 34.8.